The smallest absolute Gasteiger partial charge is 0.230 e. The number of amides is 2. The molecule has 2 amide bonds. The third-order valence-electron chi connectivity index (χ3n) is 6.19. The van der Waals surface area contributed by atoms with Crippen LogP contribution in [-0.2, 0) is 16.0 Å². The summed E-state index contributed by atoms with van der Waals surface area (Å²) in [5, 5.41) is 0. The van der Waals surface area contributed by atoms with E-state index in [1.165, 1.54) is 0 Å². The SMILES string of the molecule is CN(C)C(=O)[C@@]1(Cc2ccc(-c3ccncc3)cc2)CCCN(C(=O)C2CC2)C1. The molecule has 0 bridgehead atoms. The molecule has 0 spiro atoms. The first-order chi connectivity index (χ1) is 14.0. The Morgan fingerprint density at radius 1 is 1.07 bits per heavy atom. The van der Waals surface area contributed by atoms with Gasteiger partial charge in [0.2, 0.25) is 11.8 Å². The summed E-state index contributed by atoms with van der Waals surface area (Å²) in [6.45, 7) is 1.31. The van der Waals surface area contributed by atoms with Crippen molar-refractivity contribution in [2.75, 3.05) is 27.2 Å². The number of nitrogens with zero attached hydrogens (tertiary/aromatic N) is 3. The minimum Gasteiger partial charge on any atom is -0.348 e. The third-order valence-corrected chi connectivity index (χ3v) is 6.19. The monoisotopic (exact) mass is 391 g/mol. The first-order valence-electron chi connectivity index (χ1n) is 10.5. The zero-order valence-electron chi connectivity index (χ0n) is 17.3. The van der Waals surface area contributed by atoms with Crippen molar-refractivity contribution in [1.29, 1.82) is 0 Å². The molecule has 2 aromatic rings. The highest BCUT2D eigenvalue weighted by Gasteiger charge is 2.46. The van der Waals surface area contributed by atoms with Gasteiger partial charge in [0.1, 0.15) is 0 Å². The van der Waals surface area contributed by atoms with Crippen LogP contribution < -0.4 is 0 Å². The minimum absolute atomic E-state index is 0.129. The number of rotatable bonds is 5. The lowest BCUT2D eigenvalue weighted by molar-refractivity contribution is -0.147. The molecule has 1 aliphatic heterocycles. The van der Waals surface area contributed by atoms with Gasteiger partial charge in [-0.05, 0) is 60.9 Å². The molecule has 2 aliphatic rings. The van der Waals surface area contributed by atoms with E-state index in [4.69, 9.17) is 0 Å². The lowest BCUT2D eigenvalue weighted by Crippen LogP contribution is -2.54. The Hall–Kier alpha value is -2.69. The van der Waals surface area contributed by atoms with Gasteiger partial charge in [0.15, 0.2) is 0 Å². The summed E-state index contributed by atoms with van der Waals surface area (Å²) in [6, 6.07) is 12.4. The van der Waals surface area contributed by atoms with Crippen molar-refractivity contribution in [2.24, 2.45) is 11.3 Å². The molecule has 2 heterocycles. The molecule has 4 rings (SSSR count). The normalized spacial score (nSPS) is 21.7. The Morgan fingerprint density at radius 3 is 2.34 bits per heavy atom. The van der Waals surface area contributed by atoms with Gasteiger partial charge < -0.3 is 9.80 Å². The zero-order chi connectivity index (χ0) is 20.4. The van der Waals surface area contributed by atoms with Crippen molar-refractivity contribution in [2.45, 2.75) is 32.1 Å². The summed E-state index contributed by atoms with van der Waals surface area (Å²) in [4.78, 5) is 33.7. The molecule has 0 unspecified atom stereocenters. The number of aromatic nitrogens is 1. The van der Waals surface area contributed by atoms with Gasteiger partial charge in [-0.3, -0.25) is 14.6 Å². The molecular formula is C24H29N3O2. The number of carbonyl (C=O) groups is 2. The predicted molar refractivity (Wildman–Crippen MR) is 113 cm³/mol. The van der Waals surface area contributed by atoms with Gasteiger partial charge in [-0.2, -0.15) is 0 Å². The van der Waals surface area contributed by atoms with Gasteiger partial charge in [-0.1, -0.05) is 24.3 Å². The molecule has 1 aliphatic carbocycles. The van der Waals surface area contributed by atoms with Crippen LogP contribution >= 0.6 is 0 Å². The van der Waals surface area contributed by atoms with Crippen molar-refractivity contribution in [3.05, 3.63) is 54.4 Å². The first-order valence-corrected chi connectivity index (χ1v) is 10.5. The quantitative estimate of drug-likeness (QED) is 0.785. The maximum atomic E-state index is 13.2. The lowest BCUT2D eigenvalue weighted by atomic mass is 9.73. The van der Waals surface area contributed by atoms with E-state index in [0.717, 1.165) is 48.9 Å². The summed E-state index contributed by atoms with van der Waals surface area (Å²) in [6.07, 6.45) is 7.95. The molecule has 5 heteroatoms. The maximum Gasteiger partial charge on any atom is 0.230 e. The van der Waals surface area contributed by atoms with E-state index in [1.807, 2.05) is 31.1 Å². The molecule has 0 radical (unpaired) electrons. The van der Waals surface area contributed by atoms with Crippen molar-refractivity contribution < 1.29 is 9.59 Å². The van der Waals surface area contributed by atoms with E-state index >= 15 is 0 Å². The Kier molecular flexibility index (Phi) is 5.39. The van der Waals surface area contributed by atoms with E-state index in [9.17, 15) is 9.59 Å². The summed E-state index contributed by atoms with van der Waals surface area (Å²) in [7, 11) is 3.64. The molecule has 1 aromatic heterocycles. The van der Waals surface area contributed by atoms with Gasteiger partial charge in [-0.25, -0.2) is 0 Å². The molecular weight excluding hydrogens is 362 g/mol. The molecule has 152 valence electrons. The van der Waals surface area contributed by atoms with Crippen LogP contribution in [0, 0.1) is 11.3 Å². The van der Waals surface area contributed by atoms with Gasteiger partial charge in [0.05, 0.1) is 5.41 Å². The second-order valence-corrected chi connectivity index (χ2v) is 8.73. The number of hydrogen-bond acceptors (Lipinski definition) is 3. The summed E-state index contributed by atoms with van der Waals surface area (Å²) >= 11 is 0. The van der Waals surface area contributed by atoms with Crippen LogP contribution in [0.1, 0.15) is 31.2 Å². The van der Waals surface area contributed by atoms with Crippen LogP contribution in [0.3, 0.4) is 0 Å². The average molecular weight is 392 g/mol. The Balaban J connectivity index is 1.57. The number of benzene rings is 1. The topological polar surface area (TPSA) is 53.5 Å². The standard InChI is InChI=1S/C24H29N3O2/c1-26(2)23(29)24(12-3-15-27(17-24)22(28)21-8-9-21)16-18-4-6-19(7-5-18)20-10-13-25-14-11-20/h4-7,10-11,13-14,21H,3,8-9,12,15-17H2,1-2H3/t24-/m1/s1. The second kappa shape index (κ2) is 7.97. The van der Waals surface area contributed by atoms with Crippen LogP contribution in [-0.4, -0.2) is 53.8 Å². The van der Waals surface area contributed by atoms with Crippen molar-refractivity contribution in [3.63, 3.8) is 0 Å². The van der Waals surface area contributed by atoms with Gasteiger partial charge in [0, 0.05) is 45.5 Å². The average Bonchev–Trinajstić information content (AvgIpc) is 3.59. The fraction of sp³-hybridized carbons (Fsp3) is 0.458. The Labute approximate surface area is 172 Å². The number of likely N-dealkylation sites (tertiary alicyclic amines) is 1. The molecule has 1 saturated carbocycles. The number of hydrogen-bond donors (Lipinski definition) is 0. The van der Waals surface area contributed by atoms with Gasteiger partial charge >= 0.3 is 0 Å². The van der Waals surface area contributed by atoms with Crippen LogP contribution in [0.15, 0.2) is 48.8 Å². The molecule has 2 fully saturated rings. The largest absolute Gasteiger partial charge is 0.348 e. The highest BCUT2D eigenvalue weighted by Crippen LogP contribution is 2.39. The molecule has 1 aromatic carbocycles. The van der Waals surface area contributed by atoms with Crippen molar-refractivity contribution in [3.8, 4) is 11.1 Å². The minimum atomic E-state index is -0.537. The van der Waals surface area contributed by atoms with Crippen LogP contribution in [0.25, 0.3) is 11.1 Å². The third kappa shape index (κ3) is 4.19. The Bertz CT molecular complexity index is 875. The summed E-state index contributed by atoms with van der Waals surface area (Å²) in [5.41, 5.74) is 2.87. The Morgan fingerprint density at radius 2 is 1.72 bits per heavy atom. The summed E-state index contributed by atoms with van der Waals surface area (Å²) < 4.78 is 0. The van der Waals surface area contributed by atoms with E-state index in [-0.39, 0.29) is 17.7 Å². The molecule has 0 N–H and O–H groups in total. The predicted octanol–water partition coefficient (Wildman–Crippen LogP) is 3.40. The highest BCUT2D eigenvalue weighted by molar-refractivity contribution is 5.86. The van der Waals surface area contributed by atoms with E-state index < -0.39 is 5.41 Å². The number of pyridine rings is 1. The van der Waals surface area contributed by atoms with Crippen LogP contribution in [0.4, 0.5) is 0 Å². The van der Waals surface area contributed by atoms with Gasteiger partial charge in [-0.15, -0.1) is 0 Å². The molecule has 29 heavy (non-hydrogen) atoms. The fourth-order valence-electron chi connectivity index (χ4n) is 4.53. The van der Waals surface area contributed by atoms with Crippen molar-refractivity contribution >= 4 is 11.8 Å². The molecule has 5 nitrogen and oxygen atoms in total. The zero-order valence-corrected chi connectivity index (χ0v) is 17.3. The van der Waals surface area contributed by atoms with E-state index in [1.54, 1.807) is 17.3 Å². The lowest BCUT2D eigenvalue weighted by Gasteiger charge is -2.43. The van der Waals surface area contributed by atoms with E-state index in [0.29, 0.717) is 13.0 Å². The fourth-order valence-corrected chi connectivity index (χ4v) is 4.53. The maximum absolute atomic E-state index is 13.2. The number of piperidine rings is 1. The molecule has 1 atom stereocenters. The highest BCUT2D eigenvalue weighted by atomic mass is 16.2. The second-order valence-electron chi connectivity index (χ2n) is 8.73. The van der Waals surface area contributed by atoms with Gasteiger partial charge in [0.25, 0.3) is 0 Å². The molecule has 1 saturated heterocycles. The van der Waals surface area contributed by atoms with E-state index in [2.05, 4.69) is 29.2 Å². The van der Waals surface area contributed by atoms with Crippen LogP contribution in [0.5, 0.6) is 0 Å². The number of carbonyl (C=O) groups excluding carboxylic acids is 2. The van der Waals surface area contributed by atoms with Crippen molar-refractivity contribution in [1.82, 2.24) is 14.8 Å². The summed E-state index contributed by atoms with van der Waals surface area (Å²) in [5.74, 6) is 0.567. The first kappa shape index (κ1) is 19.6. The van der Waals surface area contributed by atoms with Crippen LogP contribution in [0.2, 0.25) is 0 Å².